The third kappa shape index (κ3) is 2.56. The summed E-state index contributed by atoms with van der Waals surface area (Å²) in [6.07, 6.45) is -0.439. The Labute approximate surface area is 97.6 Å². The van der Waals surface area contributed by atoms with Crippen molar-refractivity contribution in [1.82, 2.24) is 0 Å². The van der Waals surface area contributed by atoms with Crippen LogP contribution < -0.4 is 0 Å². The molecule has 16 heavy (non-hydrogen) atoms. The molecule has 4 heteroatoms. The molecule has 1 aliphatic rings. The minimum Gasteiger partial charge on any atom is -0.394 e. The van der Waals surface area contributed by atoms with Crippen molar-refractivity contribution in [3.8, 4) is 0 Å². The topological polar surface area (TPSA) is 58.9 Å². The summed E-state index contributed by atoms with van der Waals surface area (Å²) >= 11 is 0. The summed E-state index contributed by atoms with van der Waals surface area (Å²) in [7, 11) is 1.54. The zero-order valence-electron chi connectivity index (χ0n) is 10.6. The fraction of sp³-hybridized carbons (Fsp3) is 1.00. The van der Waals surface area contributed by atoms with E-state index in [-0.39, 0.29) is 18.6 Å². The monoisotopic (exact) mass is 232 g/mol. The van der Waals surface area contributed by atoms with E-state index in [9.17, 15) is 10.2 Å². The van der Waals surface area contributed by atoms with E-state index >= 15 is 0 Å². The lowest BCUT2D eigenvalue weighted by atomic mass is 9.82. The molecule has 0 aliphatic carbocycles. The predicted molar refractivity (Wildman–Crippen MR) is 61.2 cm³/mol. The fourth-order valence-corrected chi connectivity index (χ4v) is 2.44. The van der Waals surface area contributed by atoms with Gasteiger partial charge in [-0.05, 0) is 5.92 Å². The van der Waals surface area contributed by atoms with Crippen LogP contribution >= 0.6 is 0 Å². The summed E-state index contributed by atoms with van der Waals surface area (Å²) in [5.74, 6) is 0.402. The molecule has 1 heterocycles. The molecule has 1 rings (SSSR count). The van der Waals surface area contributed by atoms with Crippen molar-refractivity contribution in [1.29, 1.82) is 0 Å². The van der Waals surface area contributed by atoms with Crippen LogP contribution in [0.4, 0.5) is 0 Å². The average molecular weight is 232 g/mol. The number of methoxy groups -OCH3 is 1. The Bertz CT molecular complexity index is 205. The van der Waals surface area contributed by atoms with Gasteiger partial charge in [0.2, 0.25) is 0 Å². The highest BCUT2D eigenvalue weighted by atomic mass is 16.6. The van der Waals surface area contributed by atoms with Gasteiger partial charge in [0, 0.05) is 13.0 Å². The number of ether oxygens (including phenoxy) is 2. The van der Waals surface area contributed by atoms with Gasteiger partial charge in [0.05, 0.1) is 18.8 Å². The summed E-state index contributed by atoms with van der Waals surface area (Å²) in [5, 5.41) is 19.4. The van der Waals surface area contributed by atoms with Crippen LogP contribution in [0.25, 0.3) is 0 Å². The molecular formula is C12H24O4. The molecule has 1 fully saturated rings. The number of rotatable bonds is 4. The summed E-state index contributed by atoms with van der Waals surface area (Å²) in [6.45, 7) is 6.06. The maximum Gasteiger partial charge on any atom is 0.112 e. The van der Waals surface area contributed by atoms with E-state index in [2.05, 4.69) is 13.8 Å². The van der Waals surface area contributed by atoms with Crippen LogP contribution in [0.3, 0.4) is 0 Å². The smallest absolute Gasteiger partial charge is 0.112 e. The first-order chi connectivity index (χ1) is 7.56. The summed E-state index contributed by atoms with van der Waals surface area (Å²) in [6, 6.07) is 0. The van der Waals surface area contributed by atoms with Crippen LogP contribution in [-0.4, -0.2) is 48.3 Å². The molecule has 1 saturated heterocycles. The minimum absolute atomic E-state index is 0.0106. The van der Waals surface area contributed by atoms with Crippen molar-refractivity contribution in [2.24, 2.45) is 11.8 Å². The van der Waals surface area contributed by atoms with E-state index < -0.39 is 18.3 Å². The summed E-state index contributed by atoms with van der Waals surface area (Å²) in [4.78, 5) is 0. The van der Waals surface area contributed by atoms with Crippen LogP contribution in [0.15, 0.2) is 0 Å². The second-order valence-electron chi connectivity index (χ2n) is 4.76. The van der Waals surface area contributed by atoms with Gasteiger partial charge in [0.15, 0.2) is 0 Å². The molecule has 0 radical (unpaired) electrons. The third-order valence-electron chi connectivity index (χ3n) is 3.75. The largest absolute Gasteiger partial charge is 0.394 e. The maximum atomic E-state index is 10.1. The zero-order valence-corrected chi connectivity index (χ0v) is 10.6. The summed E-state index contributed by atoms with van der Waals surface area (Å²) in [5.41, 5.74) is 0. The highest BCUT2D eigenvalue weighted by Gasteiger charge is 2.44. The molecule has 0 aromatic rings. The van der Waals surface area contributed by atoms with E-state index in [4.69, 9.17) is 9.47 Å². The van der Waals surface area contributed by atoms with Gasteiger partial charge in [0.1, 0.15) is 12.2 Å². The predicted octanol–water partition coefficient (Wildman–Crippen LogP) is 0.804. The van der Waals surface area contributed by atoms with Crippen LogP contribution in [0.2, 0.25) is 0 Å². The first kappa shape index (κ1) is 13.9. The average Bonchev–Trinajstić information content (AvgIpc) is 2.31. The van der Waals surface area contributed by atoms with E-state index in [0.29, 0.717) is 5.92 Å². The second-order valence-corrected chi connectivity index (χ2v) is 4.76. The molecule has 4 nitrogen and oxygen atoms in total. The first-order valence-corrected chi connectivity index (χ1v) is 6.03. The molecule has 96 valence electrons. The van der Waals surface area contributed by atoms with E-state index in [1.165, 1.54) is 7.11 Å². The highest BCUT2D eigenvalue weighted by molar-refractivity contribution is 4.92. The lowest BCUT2D eigenvalue weighted by molar-refractivity contribution is -0.224. The molecule has 2 N–H and O–H groups in total. The Hall–Kier alpha value is -0.160. The molecule has 0 bridgehead atoms. The molecule has 0 aromatic heterocycles. The Morgan fingerprint density at radius 2 is 2.06 bits per heavy atom. The van der Waals surface area contributed by atoms with E-state index in [0.717, 1.165) is 6.42 Å². The zero-order chi connectivity index (χ0) is 12.3. The lowest BCUT2D eigenvalue weighted by Crippen LogP contribution is -2.56. The van der Waals surface area contributed by atoms with Crippen molar-refractivity contribution in [3.63, 3.8) is 0 Å². The Balaban J connectivity index is 2.78. The lowest BCUT2D eigenvalue weighted by Gasteiger charge is -2.44. The van der Waals surface area contributed by atoms with Crippen molar-refractivity contribution in [3.05, 3.63) is 0 Å². The molecule has 6 atom stereocenters. The van der Waals surface area contributed by atoms with E-state index in [1.54, 1.807) is 0 Å². The van der Waals surface area contributed by atoms with Gasteiger partial charge in [-0.15, -0.1) is 0 Å². The van der Waals surface area contributed by atoms with Crippen LogP contribution in [0, 0.1) is 11.8 Å². The number of hydrogen-bond acceptors (Lipinski definition) is 4. The van der Waals surface area contributed by atoms with Crippen molar-refractivity contribution in [2.75, 3.05) is 13.7 Å². The molecule has 0 aromatic carbocycles. The highest BCUT2D eigenvalue weighted by Crippen LogP contribution is 2.32. The van der Waals surface area contributed by atoms with Gasteiger partial charge in [0.25, 0.3) is 0 Å². The van der Waals surface area contributed by atoms with E-state index in [1.807, 2.05) is 6.92 Å². The van der Waals surface area contributed by atoms with Gasteiger partial charge in [-0.25, -0.2) is 0 Å². The molecular weight excluding hydrogens is 208 g/mol. The Morgan fingerprint density at radius 3 is 2.50 bits per heavy atom. The van der Waals surface area contributed by atoms with Crippen LogP contribution in [0.1, 0.15) is 27.2 Å². The van der Waals surface area contributed by atoms with Gasteiger partial charge in [-0.3, -0.25) is 0 Å². The van der Waals surface area contributed by atoms with Crippen LogP contribution in [-0.2, 0) is 9.47 Å². The molecule has 0 saturated carbocycles. The molecule has 6 unspecified atom stereocenters. The quantitative estimate of drug-likeness (QED) is 0.753. The number of aliphatic hydroxyl groups is 2. The SMILES string of the molecule is CCC(C)C1OC(CO)C(OC)C(O)C1C. The number of aliphatic hydroxyl groups excluding tert-OH is 2. The summed E-state index contributed by atoms with van der Waals surface area (Å²) < 4.78 is 11.0. The van der Waals surface area contributed by atoms with Crippen molar-refractivity contribution < 1.29 is 19.7 Å². The fourth-order valence-electron chi connectivity index (χ4n) is 2.44. The second kappa shape index (κ2) is 5.96. The first-order valence-electron chi connectivity index (χ1n) is 6.03. The van der Waals surface area contributed by atoms with Crippen molar-refractivity contribution in [2.45, 2.75) is 51.6 Å². The molecule has 1 aliphatic heterocycles. The van der Waals surface area contributed by atoms with Crippen LogP contribution in [0.5, 0.6) is 0 Å². The normalized spacial score (nSPS) is 42.0. The van der Waals surface area contributed by atoms with Gasteiger partial charge < -0.3 is 19.7 Å². The third-order valence-corrected chi connectivity index (χ3v) is 3.75. The van der Waals surface area contributed by atoms with Gasteiger partial charge in [-0.1, -0.05) is 27.2 Å². The maximum absolute atomic E-state index is 10.1. The molecule has 0 spiro atoms. The Morgan fingerprint density at radius 1 is 1.44 bits per heavy atom. The molecule has 0 amide bonds. The van der Waals surface area contributed by atoms with Gasteiger partial charge >= 0.3 is 0 Å². The van der Waals surface area contributed by atoms with Gasteiger partial charge in [-0.2, -0.15) is 0 Å². The standard InChI is InChI=1S/C12H24O4/c1-5-7(2)11-8(3)10(14)12(15-4)9(6-13)16-11/h7-14H,5-6H2,1-4H3. The minimum atomic E-state index is -0.574. The number of hydrogen-bond donors (Lipinski definition) is 2. The Kier molecular flexibility index (Phi) is 5.18. The van der Waals surface area contributed by atoms with Crippen molar-refractivity contribution >= 4 is 0 Å².